The van der Waals surface area contributed by atoms with Crippen molar-refractivity contribution < 1.29 is 18.0 Å². The van der Waals surface area contributed by atoms with E-state index in [1.165, 1.54) is 21.3 Å². The van der Waals surface area contributed by atoms with Gasteiger partial charge in [-0.2, -0.15) is 4.31 Å². The SMILES string of the molecule is CC1(C)[C@@H]2CC[C@]1(C)C(=O)N(CN1CCN(S(=O)(=O)c3ccc(Cl)cc3)CC1)C2=O. The van der Waals surface area contributed by atoms with Gasteiger partial charge in [-0.1, -0.05) is 32.4 Å². The molecule has 7 nitrogen and oxygen atoms in total. The molecule has 2 heterocycles. The van der Waals surface area contributed by atoms with Gasteiger partial charge in [0.1, 0.15) is 0 Å². The molecule has 3 aliphatic rings. The first-order valence-electron chi connectivity index (χ1n) is 10.3. The number of nitrogens with zero attached hydrogens (tertiary/aromatic N) is 3. The first-order valence-corrected chi connectivity index (χ1v) is 12.1. The van der Waals surface area contributed by atoms with Crippen LogP contribution in [-0.4, -0.2) is 67.2 Å². The van der Waals surface area contributed by atoms with Gasteiger partial charge in [-0.05, 0) is 42.5 Å². The Labute approximate surface area is 183 Å². The zero-order valence-electron chi connectivity index (χ0n) is 17.6. The Balaban J connectivity index is 1.43. The van der Waals surface area contributed by atoms with Gasteiger partial charge in [0.25, 0.3) is 0 Å². The number of sulfonamides is 1. The van der Waals surface area contributed by atoms with Gasteiger partial charge in [-0.3, -0.25) is 19.4 Å². The van der Waals surface area contributed by atoms with E-state index in [2.05, 4.69) is 0 Å². The fourth-order valence-corrected chi connectivity index (χ4v) is 6.65. The number of halogens is 1. The van der Waals surface area contributed by atoms with Crippen LogP contribution in [0.15, 0.2) is 29.2 Å². The summed E-state index contributed by atoms with van der Waals surface area (Å²) in [4.78, 5) is 29.8. The van der Waals surface area contributed by atoms with Gasteiger partial charge in [0.2, 0.25) is 21.8 Å². The number of hydrogen-bond acceptors (Lipinski definition) is 5. The van der Waals surface area contributed by atoms with E-state index in [0.29, 0.717) is 31.2 Å². The summed E-state index contributed by atoms with van der Waals surface area (Å²) in [5, 5.41) is 0.487. The first-order chi connectivity index (χ1) is 14.0. The van der Waals surface area contributed by atoms with Crippen molar-refractivity contribution in [2.45, 2.75) is 38.5 Å². The Morgan fingerprint density at radius 3 is 2.23 bits per heavy atom. The molecule has 1 aromatic rings. The highest BCUT2D eigenvalue weighted by Gasteiger charge is 2.64. The maximum Gasteiger partial charge on any atom is 0.243 e. The molecule has 2 bridgehead atoms. The van der Waals surface area contributed by atoms with E-state index in [1.54, 1.807) is 12.1 Å². The average Bonchev–Trinajstić information content (AvgIpc) is 2.90. The molecule has 2 amide bonds. The number of amides is 2. The van der Waals surface area contributed by atoms with Crippen LogP contribution < -0.4 is 0 Å². The van der Waals surface area contributed by atoms with Crippen molar-refractivity contribution in [3.05, 3.63) is 29.3 Å². The van der Waals surface area contributed by atoms with E-state index in [1.807, 2.05) is 25.7 Å². The van der Waals surface area contributed by atoms with Crippen molar-refractivity contribution in [1.29, 1.82) is 0 Å². The average molecular weight is 454 g/mol. The maximum atomic E-state index is 13.2. The molecule has 2 aliphatic heterocycles. The van der Waals surface area contributed by atoms with Gasteiger partial charge < -0.3 is 0 Å². The molecule has 3 fully saturated rings. The lowest BCUT2D eigenvalue weighted by Gasteiger charge is -2.49. The number of likely N-dealkylation sites (tertiary alicyclic amines) is 1. The summed E-state index contributed by atoms with van der Waals surface area (Å²) in [5.74, 6) is -0.314. The summed E-state index contributed by atoms with van der Waals surface area (Å²) in [6, 6.07) is 6.14. The first kappa shape index (κ1) is 21.7. The topological polar surface area (TPSA) is 78.0 Å². The molecule has 4 rings (SSSR count). The van der Waals surface area contributed by atoms with Gasteiger partial charge in [0, 0.05) is 37.1 Å². The number of piperazine rings is 1. The van der Waals surface area contributed by atoms with Crippen molar-refractivity contribution in [3.8, 4) is 0 Å². The van der Waals surface area contributed by atoms with Crippen LogP contribution in [0.2, 0.25) is 5.02 Å². The van der Waals surface area contributed by atoms with Gasteiger partial charge in [0.15, 0.2) is 0 Å². The molecule has 1 aliphatic carbocycles. The number of carbonyl (C=O) groups is 2. The minimum Gasteiger partial charge on any atom is -0.283 e. The molecule has 9 heteroatoms. The largest absolute Gasteiger partial charge is 0.283 e. The number of imide groups is 1. The van der Waals surface area contributed by atoms with Crippen LogP contribution in [0.3, 0.4) is 0 Å². The number of rotatable bonds is 4. The van der Waals surface area contributed by atoms with Crippen molar-refractivity contribution in [2.75, 3.05) is 32.8 Å². The fraction of sp³-hybridized carbons (Fsp3) is 0.619. The second-order valence-corrected chi connectivity index (χ2v) is 11.7. The highest BCUT2D eigenvalue weighted by molar-refractivity contribution is 7.89. The van der Waals surface area contributed by atoms with Crippen molar-refractivity contribution in [1.82, 2.24) is 14.1 Å². The highest BCUT2D eigenvalue weighted by Crippen LogP contribution is 2.60. The van der Waals surface area contributed by atoms with Crippen molar-refractivity contribution >= 4 is 33.4 Å². The molecular weight excluding hydrogens is 426 g/mol. The molecule has 0 aromatic heterocycles. The van der Waals surface area contributed by atoms with Gasteiger partial charge in [-0.15, -0.1) is 0 Å². The summed E-state index contributed by atoms with van der Waals surface area (Å²) in [6.07, 6.45) is 1.48. The second-order valence-electron chi connectivity index (χ2n) is 9.33. The summed E-state index contributed by atoms with van der Waals surface area (Å²) in [6.45, 7) is 7.82. The molecule has 2 saturated heterocycles. The van der Waals surface area contributed by atoms with E-state index in [0.717, 1.165) is 12.8 Å². The normalized spacial score (nSPS) is 30.1. The number of hydrogen-bond donors (Lipinski definition) is 0. The minimum atomic E-state index is -3.59. The van der Waals surface area contributed by atoms with Gasteiger partial charge in [0.05, 0.1) is 17.0 Å². The number of carbonyl (C=O) groups excluding carboxylic acids is 2. The van der Waals surface area contributed by atoms with Crippen molar-refractivity contribution in [2.24, 2.45) is 16.7 Å². The lowest BCUT2D eigenvalue weighted by molar-refractivity contribution is -0.170. The molecule has 0 spiro atoms. The maximum absolute atomic E-state index is 13.2. The molecule has 2 atom stereocenters. The third-order valence-corrected chi connectivity index (χ3v) is 9.80. The van der Waals surface area contributed by atoms with E-state index in [4.69, 9.17) is 11.6 Å². The highest BCUT2D eigenvalue weighted by atomic mass is 35.5. The Bertz CT molecular complexity index is 970. The Morgan fingerprint density at radius 2 is 1.63 bits per heavy atom. The van der Waals surface area contributed by atoms with Gasteiger partial charge in [-0.25, -0.2) is 8.42 Å². The summed E-state index contributed by atoms with van der Waals surface area (Å²) in [5.41, 5.74) is -0.853. The number of piperidine rings is 1. The second kappa shape index (κ2) is 7.29. The van der Waals surface area contributed by atoms with E-state index >= 15 is 0 Å². The molecular formula is C21H28ClN3O4S. The molecule has 0 unspecified atom stereocenters. The molecule has 30 heavy (non-hydrogen) atoms. The van der Waals surface area contributed by atoms with Crippen LogP contribution in [0, 0.1) is 16.7 Å². The van der Waals surface area contributed by atoms with Crippen LogP contribution in [0.1, 0.15) is 33.6 Å². The van der Waals surface area contributed by atoms with Gasteiger partial charge >= 0.3 is 0 Å². The standard InChI is InChI=1S/C21H28ClN3O4S/c1-20(2)17-8-9-21(20,3)19(27)25(18(17)26)14-23-10-12-24(13-11-23)30(28,29)16-6-4-15(22)5-7-16/h4-7,17H,8-14H2,1-3H3/t17-,21-/m1/s1. The number of fused-ring (bicyclic) bond motifs is 2. The Hall–Kier alpha value is -1.48. The molecule has 1 aromatic carbocycles. The minimum absolute atomic E-state index is 0.0869. The summed E-state index contributed by atoms with van der Waals surface area (Å²) in [7, 11) is -3.59. The molecule has 0 N–H and O–H groups in total. The molecule has 0 radical (unpaired) electrons. The van der Waals surface area contributed by atoms with E-state index in [9.17, 15) is 18.0 Å². The predicted molar refractivity (Wildman–Crippen MR) is 113 cm³/mol. The zero-order valence-corrected chi connectivity index (χ0v) is 19.2. The lowest BCUT2D eigenvalue weighted by Crippen LogP contribution is -2.62. The fourth-order valence-electron chi connectivity index (χ4n) is 5.10. The predicted octanol–water partition coefficient (Wildman–Crippen LogP) is 2.42. The lowest BCUT2D eigenvalue weighted by atomic mass is 9.62. The van der Waals surface area contributed by atoms with Crippen LogP contribution >= 0.6 is 11.6 Å². The van der Waals surface area contributed by atoms with Crippen LogP contribution in [0.25, 0.3) is 0 Å². The molecule has 1 saturated carbocycles. The number of benzene rings is 1. The zero-order chi connectivity index (χ0) is 21.9. The third kappa shape index (κ3) is 3.20. The van der Waals surface area contributed by atoms with Crippen molar-refractivity contribution in [3.63, 3.8) is 0 Å². The van der Waals surface area contributed by atoms with E-state index < -0.39 is 15.4 Å². The van der Waals surface area contributed by atoms with E-state index in [-0.39, 0.29) is 34.7 Å². The summed E-state index contributed by atoms with van der Waals surface area (Å²) >= 11 is 5.86. The van der Waals surface area contributed by atoms with Crippen LogP contribution in [-0.2, 0) is 19.6 Å². The summed E-state index contributed by atoms with van der Waals surface area (Å²) < 4.78 is 27.2. The quantitative estimate of drug-likeness (QED) is 0.654. The monoisotopic (exact) mass is 453 g/mol. The Morgan fingerprint density at radius 1 is 1.03 bits per heavy atom. The third-order valence-electron chi connectivity index (χ3n) is 7.63. The molecule has 164 valence electrons. The smallest absolute Gasteiger partial charge is 0.243 e. The van der Waals surface area contributed by atoms with Crippen LogP contribution in [0.5, 0.6) is 0 Å². The van der Waals surface area contributed by atoms with Crippen LogP contribution in [0.4, 0.5) is 0 Å². The Kier molecular flexibility index (Phi) is 5.28.